The second kappa shape index (κ2) is 8.23. The summed E-state index contributed by atoms with van der Waals surface area (Å²) in [5, 5.41) is 17.0. The Labute approximate surface area is 182 Å². The molecule has 1 aliphatic heterocycles. The fourth-order valence-corrected chi connectivity index (χ4v) is 3.75. The summed E-state index contributed by atoms with van der Waals surface area (Å²) in [4.78, 5) is 39.4. The summed E-state index contributed by atoms with van der Waals surface area (Å²) in [7, 11) is 0. The molecule has 0 spiro atoms. The van der Waals surface area contributed by atoms with Crippen LogP contribution in [0, 0.1) is 0 Å². The van der Waals surface area contributed by atoms with Crippen molar-refractivity contribution in [2.24, 2.45) is 5.10 Å². The molecule has 1 aromatic heterocycles. The van der Waals surface area contributed by atoms with E-state index in [9.17, 15) is 19.5 Å². The number of benzene rings is 2. The van der Waals surface area contributed by atoms with Crippen molar-refractivity contribution in [3.63, 3.8) is 0 Å². The smallest absolute Gasteiger partial charge is 0.331 e. The average Bonchev–Trinajstić information content (AvgIpc) is 3.17. The largest absolute Gasteiger partial charge is 0.494 e. The van der Waals surface area contributed by atoms with Crippen LogP contribution in [0.15, 0.2) is 69.3 Å². The van der Waals surface area contributed by atoms with Crippen molar-refractivity contribution < 1.29 is 9.90 Å². The topological polar surface area (TPSA) is 108 Å². The fourth-order valence-electron chi connectivity index (χ4n) is 3.63. The van der Waals surface area contributed by atoms with Crippen molar-refractivity contribution in [1.29, 1.82) is 0 Å². The lowest BCUT2D eigenvalue weighted by Crippen LogP contribution is -2.34. The molecular formula is C22H19ClN4O4. The zero-order chi connectivity index (χ0) is 22.1. The highest BCUT2D eigenvalue weighted by atomic mass is 35.5. The molecule has 31 heavy (non-hydrogen) atoms. The molecule has 4 rings (SSSR count). The number of nitrogens with zero attached hydrogens (tertiary/aromatic N) is 3. The molecule has 0 bridgehead atoms. The Morgan fingerprint density at radius 3 is 2.48 bits per heavy atom. The van der Waals surface area contributed by atoms with Crippen LogP contribution in [0.4, 0.5) is 0 Å². The molecule has 2 heterocycles. The third-order valence-corrected chi connectivity index (χ3v) is 5.38. The molecule has 0 fully saturated rings. The molecule has 3 aromatic rings. The zero-order valence-electron chi connectivity index (χ0n) is 16.6. The molecule has 1 unspecified atom stereocenters. The molecule has 1 aliphatic rings. The van der Waals surface area contributed by atoms with Gasteiger partial charge in [-0.1, -0.05) is 54.1 Å². The first-order valence-electron chi connectivity index (χ1n) is 9.58. The maximum absolute atomic E-state index is 12.6. The van der Waals surface area contributed by atoms with Crippen LogP contribution in [0.5, 0.6) is 5.88 Å². The van der Waals surface area contributed by atoms with Crippen LogP contribution in [0.2, 0.25) is 5.02 Å². The number of nitrogens with one attached hydrogen (secondary N) is 1. The summed E-state index contributed by atoms with van der Waals surface area (Å²) >= 11 is 5.96. The van der Waals surface area contributed by atoms with Crippen LogP contribution in [-0.4, -0.2) is 31.3 Å². The van der Waals surface area contributed by atoms with Crippen molar-refractivity contribution >= 4 is 23.2 Å². The maximum Gasteiger partial charge on any atom is 0.331 e. The van der Waals surface area contributed by atoms with E-state index in [0.717, 1.165) is 15.7 Å². The SMILES string of the molecule is CC(=O)N1N=C(c2c(O)n(Cc3ccccc3)c(=O)[nH]c2=O)CC1c1ccc(Cl)cc1. The van der Waals surface area contributed by atoms with Gasteiger partial charge in [-0.3, -0.25) is 19.1 Å². The van der Waals surface area contributed by atoms with E-state index in [2.05, 4.69) is 10.1 Å². The molecule has 1 atom stereocenters. The molecule has 0 saturated heterocycles. The summed E-state index contributed by atoms with van der Waals surface area (Å²) in [5.41, 5.74) is 0.161. The van der Waals surface area contributed by atoms with E-state index in [1.54, 1.807) is 36.4 Å². The Balaban J connectivity index is 1.76. The number of aromatic hydroxyl groups is 1. The first-order chi connectivity index (χ1) is 14.8. The average molecular weight is 439 g/mol. The quantitative estimate of drug-likeness (QED) is 0.652. The number of amides is 1. The number of aromatic nitrogens is 2. The highest BCUT2D eigenvalue weighted by molar-refractivity contribution is 6.30. The summed E-state index contributed by atoms with van der Waals surface area (Å²) in [6.07, 6.45) is 0.196. The van der Waals surface area contributed by atoms with E-state index >= 15 is 0 Å². The van der Waals surface area contributed by atoms with Crippen LogP contribution in [-0.2, 0) is 11.3 Å². The molecule has 2 N–H and O–H groups in total. The lowest BCUT2D eigenvalue weighted by Gasteiger charge is -2.20. The van der Waals surface area contributed by atoms with Crippen LogP contribution < -0.4 is 11.2 Å². The van der Waals surface area contributed by atoms with Crippen LogP contribution in [0.1, 0.15) is 36.1 Å². The lowest BCUT2D eigenvalue weighted by molar-refractivity contribution is -0.130. The second-order valence-corrected chi connectivity index (χ2v) is 7.65. The van der Waals surface area contributed by atoms with E-state index in [0.29, 0.717) is 5.02 Å². The maximum atomic E-state index is 12.6. The van der Waals surface area contributed by atoms with Crippen molar-refractivity contribution in [3.05, 3.63) is 97.1 Å². The number of halogens is 1. The predicted molar refractivity (Wildman–Crippen MR) is 116 cm³/mol. The molecule has 0 aliphatic carbocycles. The minimum atomic E-state index is -0.759. The van der Waals surface area contributed by atoms with Crippen molar-refractivity contribution in [3.8, 4) is 5.88 Å². The van der Waals surface area contributed by atoms with Crippen LogP contribution in [0.25, 0.3) is 0 Å². The minimum Gasteiger partial charge on any atom is -0.494 e. The first kappa shape index (κ1) is 20.6. The third-order valence-electron chi connectivity index (χ3n) is 5.13. The number of carbonyl (C=O) groups is 1. The number of carbonyl (C=O) groups excluding carboxylic acids is 1. The van der Waals surface area contributed by atoms with Crippen molar-refractivity contribution in [2.45, 2.75) is 25.9 Å². The minimum absolute atomic E-state index is 0.0690. The second-order valence-electron chi connectivity index (χ2n) is 7.21. The Morgan fingerprint density at radius 2 is 1.84 bits per heavy atom. The summed E-state index contributed by atoms with van der Waals surface area (Å²) in [6.45, 7) is 1.44. The third kappa shape index (κ3) is 4.02. The predicted octanol–water partition coefficient (Wildman–Crippen LogP) is 2.64. The van der Waals surface area contributed by atoms with Gasteiger partial charge < -0.3 is 5.11 Å². The van der Waals surface area contributed by atoms with Gasteiger partial charge in [-0.05, 0) is 23.3 Å². The van der Waals surface area contributed by atoms with Gasteiger partial charge in [0.2, 0.25) is 11.8 Å². The number of H-pyrrole nitrogens is 1. The summed E-state index contributed by atoms with van der Waals surface area (Å²) < 4.78 is 1.07. The molecular weight excluding hydrogens is 420 g/mol. The van der Waals surface area contributed by atoms with Crippen molar-refractivity contribution in [2.75, 3.05) is 0 Å². The van der Waals surface area contributed by atoms with E-state index < -0.39 is 23.2 Å². The summed E-state index contributed by atoms with van der Waals surface area (Å²) in [5.74, 6) is -0.805. The standard InChI is InChI=1S/C22H19ClN4O4/c1-13(28)27-18(15-7-9-16(23)10-8-15)11-17(25-27)19-20(29)24-22(31)26(21(19)30)12-14-5-3-2-4-6-14/h2-10,18,30H,11-12H2,1H3,(H,24,29,31). The number of hydrazone groups is 1. The van der Waals surface area contributed by atoms with Gasteiger partial charge in [-0.2, -0.15) is 5.10 Å². The highest BCUT2D eigenvalue weighted by Gasteiger charge is 2.34. The van der Waals surface area contributed by atoms with Gasteiger partial charge >= 0.3 is 5.69 Å². The monoisotopic (exact) mass is 438 g/mol. The lowest BCUT2D eigenvalue weighted by atomic mass is 9.99. The Morgan fingerprint density at radius 1 is 1.16 bits per heavy atom. The molecule has 0 saturated carbocycles. The molecule has 9 heteroatoms. The molecule has 1 amide bonds. The van der Waals surface area contributed by atoms with Gasteiger partial charge in [0.15, 0.2) is 0 Å². The number of hydrogen-bond acceptors (Lipinski definition) is 5. The molecule has 0 radical (unpaired) electrons. The Bertz CT molecular complexity index is 1280. The van der Waals surface area contributed by atoms with E-state index in [1.165, 1.54) is 11.9 Å². The number of aromatic amines is 1. The number of rotatable bonds is 4. The van der Waals surface area contributed by atoms with Crippen LogP contribution in [0.3, 0.4) is 0 Å². The van der Waals surface area contributed by atoms with Gasteiger partial charge in [0.25, 0.3) is 5.56 Å². The Kier molecular flexibility index (Phi) is 5.48. The molecule has 8 nitrogen and oxygen atoms in total. The van der Waals surface area contributed by atoms with Gasteiger partial charge in [-0.15, -0.1) is 0 Å². The zero-order valence-corrected chi connectivity index (χ0v) is 17.3. The normalized spacial score (nSPS) is 15.7. The fraction of sp³-hybridized carbons (Fsp3) is 0.182. The Hall–Kier alpha value is -3.65. The van der Waals surface area contributed by atoms with Crippen LogP contribution >= 0.6 is 11.6 Å². The van der Waals surface area contributed by atoms with Gasteiger partial charge in [0, 0.05) is 18.4 Å². The molecule has 2 aromatic carbocycles. The van der Waals surface area contributed by atoms with E-state index in [-0.39, 0.29) is 30.1 Å². The summed E-state index contributed by atoms with van der Waals surface area (Å²) in [6, 6.07) is 15.6. The molecule has 158 valence electrons. The van der Waals surface area contributed by atoms with E-state index in [1.807, 2.05) is 18.2 Å². The highest BCUT2D eigenvalue weighted by Crippen LogP contribution is 2.34. The van der Waals surface area contributed by atoms with Gasteiger partial charge in [-0.25, -0.2) is 9.80 Å². The van der Waals surface area contributed by atoms with Gasteiger partial charge in [0.1, 0.15) is 5.56 Å². The first-order valence-corrected chi connectivity index (χ1v) is 9.96. The van der Waals surface area contributed by atoms with Crippen molar-refractivity contribution in [1.82, 2.24) is 14.6 Å². The van der Waals surface area contributed by atoms with Gasteiger partial charge in [0.05, 0.1) is 18.3 Å². The number of hydrogen-bond donors (Lipinski definition) is 2. The van der Waals surface area contributed by atoms with E-state index in [4.69, 9.17) is 11.6 Å².